The monoisotopic (exact) mass is 347 g/mol. The van der Waals surface area contributed by atoms with Crippen LogP contribution in [0.3, 0.4) is 0 Å². The predicted octanol–water partition coefficient (Wildman–Crippen LogP) is 1.73. The molecule has 2 aliphatic heterocycles. The molecule has 3 heterocycles. The Morgan fingerprint density at radius 3 is 2.75 bits per heavy atom. The minimum atomic E-state index is -3.67. The summed E-state index contributed by atoms with van der Waals surface area (Å²) in [5, 5.41) is 3.34. The fourth-order valence-corrected chi connectivity index (χ4v) is 5.09. The van der Waals surface area contributed by atoms with Gasteiger partial charge in [-0.15, -0.1) is 0 Å². The minimum Gasteiger partial charge on any atom is -0.316 e. The average Bonchev–Trinajstić information content (AvgIpc) is 2.97. The largest absolute Gasteiger partial charge is 0.316 e. The van der Waals surface area contributed by atoms with Gasteiger partial charge in [-0.3, -0.25) is 4.98 Å². The van der Waals surface area contributed by atoms with E-state index < -0.39 is 15.8 Å². The predicted molar refractivity (Wildman–Crippen MR) is 87.3 cm³/mol. The van der Waals surface area contributed by atoms with Crippen molar-refractivity contribution in [1.29, 1.82) is 0 Å². The smallest absolute Gasteiger partial charge is 0.243 e. The highest BCUT2D eigenvalue weighted by molar-refractivity contribution is 7.89. The normalized spacial score (nSPS) is 24.2. The van der Waals surface area contributed by atoms with Crippen LogP contribution in [-0.2, 0) is 16.6 Å². The number of hydrogen-bond acceptors (Lipinski definition) is 4. The van der Waals surface area contributed by atoms with Crippen LogP contribution in [0.15, 0.2) is 47.5 Å². The fraction of sp³-hybridized carbons (Fsp3) is 0.353. The molecule has 2 aliphatic rings. The lowest BCUT2D eigenvalue weighted by Crippen LogP contribution is -2.35. The molecule has 0 radical (unpaired) electrons. The van der Waals surface area contributed by atoms with Crippen LogP contribution in [0, 0.1) is 11.7 Å². The number of halogens is 1. The highest BCUT2D eigenvalue weighted by atomic mass is 32.2. The summed E-state index contributed by atoms with van der Waals surface area (Å²) in [6.45, 7) is 2.33. The number of benzene rings is 1. The van der Waals surface area contributed by atoms with Crippen molar-refractivity contribution in [2.45, 2.75) is 17.4 Å². The summed E-state index contributed by atoms with van der Waals surface area (Å²) in [5.74, 6) is -0.0228. The van der Waals surface area contributed by atoms with Gasteiger partial charge in [0.15, 0.2) is 0 Å². The van der Waals surface area contributed by atoms with Crippen LogP contribution in [0.25, 0.3) is 0 Å². The molecule has 0 unspecified atom stereocenters. The molecule has 1 aromatic carbocycles. The van der Waals surface area contributed by atoms with Crippen molar-refractivity contribution in [1.82, 2.24) is 14.6 Å². The second-order valence-corrected chi connectivity index (χ2v) is 8.26. The average molecular weight is 347 g/mol. The van der Waals surface area contributed by atoms with E-state index in [-0.39, 0.29) is 16.7 Å². The third kappa shape index (κ3) is 2.62. The van der Waals surface area contributed by atoms with E-state index in [0.29, 0.717) is 13.1 Å². The summed E-state index contributed by atoms with van der Waals surface area (Å²) < 4.78 is 40.7. The molecule has 24 heavy (non-hydrogen) atoms. The number of pyridine rings is 1. The third-order valence-corrected chi connectivity index (χ3v) is 6.68. The van der Waals surface area contributed by atoms with Gasteiger partial charge in [-0.25, -0.2) is 12.8 Å². The van der Waals surface area contributed by atoms with E-state index >= 15 is 0 Å². The Labute approximate surface area is 140 Å². The van der Waals surface area contributed by atoms with Gasteiger partial charge in [0.05, 0.1) is 4.90 Å². The number of fused-ring (bicyclic) bond motifs is 3. The van der Waals surface area contributed by atoms with Gasteiger partial charge < -0.3 is 5.32 Å². The zero-order chi connectivity index (χ0) is 16.7. The van der Waals surface area contributed by atoms with Gasteiger partial charge in [0.25, 0.3) is 0 Å². The molecule has 0 saturated carbocycles. The molecule has 7 heteroatoms. The minimum absolute atomic E-state index is 0.124. The van der Waals surface area contributed by atoms with Crippen molar-refractivity contribution in [2.24, 2.45) is 5.92 Å². The lowest BCUT2D eigenvalue weighted by atomic mass is 9.91. The summed E-state index contributed by atoms with van der Waals surface area (Å²) in [6.07, 6.45) is 1.76. The van der Waals surface area contributed by atoms with Crippen LogP contribution in [0.5, 0.6) is 0 Å². The molecule has 126 valence electrons. The molecule has 5 nitrogen and oxygen atoms in total. The van der Waals surface area contributed by atoms with Gasteiger partial charge in [-0.1, -0.05) is 6.07 Å². The number of rotatable bonds is 2. The Balaban J connectivity index is 1.75. The first kappa shape index (κ1) is 15.7. The maximum absolute atomic E-state index is 13.1. The molecular weight excluding hydrogens is 329 g/mol. The van der Waals surface area contributed by atoms with Crippen molar-refractivity contribution >= 4 is 10.0 Å². The second kappa shape index (κ2) is 5.91. The lowest BCUT2D eigenvalue weighted by molar-refractivity contribution is 0.349. The van der Waals surface area contributed by atoms with Crippen LogP contribution >= 0.6 is 0 Å². The first-order valence-electron chi connectivity index (χ1n) is 7.96. The molecule has 4 rings (SSSR count). The fourth-order valence-electron chi connectivity index (χ4n) is 3.62. The summed E-state index contributed by atoms with van der Waals surface area (Å²) in [6, 6.07) is 8.79. The number of nitrogens with one attached hydrogen (secondary N) is 1. The molecule has 1 fully saturated rings. The SMILES string of the molecule is O=S(=O)(c1ccc(F)cc1)N1Cc2cccnc2[C@@H]2CNC[C@H]2C1. The summed E-state index contributed by atoms with van der Waals surface area (Å²) in [5.41, 5.74) is 1.93. The maximum atomic E-state index is 13.1. The van der Waals surface area contributed by atoms with Gasteiger partial charge >= 0.3 is 0 Å². The van der Waals surface area contributed by atoms with Crippen LogP contribution in [-0.4, -0.2) is 37.3 Å². The van der Waals surface area contributed by atoms with Crippen LogP contribution < -0.4 is 5.32 Å². The van der Waals surface area contributed by atoms with Crippen LogP contribution in [0.2, 0.25) is 0 Å². The van der Waals surface area contributed by atoms with Gasteiger partial charge in [0.2, 0.25) is 10.0 Å². The van der Waals surface area contributed by atoms with E-state index in [9.17, 15) is 12.8 Å². The maximum Gasteiger partial charge on any atom is 0.243 e. The molecule has 0 amide bonds. The zero-order valence-electron chi connectivity index (χ0n) is 13.0. The Bertz CT molecular complexity index is 854. The van der Waals surface area contributed by atoms with Crippen molar-refractivity contribution in [3.63, 3.8) is 0 Å². The summed E-state index contributed by atoms with van der Waals surface area (Å²) in [7, 11) is -3.67. The molecule has 0 bridgehead atoms. The molecule has 0 spiro atoms. The standard InChI is InChI=1S/C17H18FN3O2S/c18-14-3-5-15(6-4-14)24(22,23)21-10-12-2-1-7-20-17(12)16-9-19-8-13(16)11-21/h1-7,13,16,19H,8-11H2/t13-,16+/m0/s1. The molecule has 2 aromatic rings. The van der Waals surface area contributed by atoms with E-state index in [1.165, 1.54) is 28.6 Å². The van der Waals surface area contributed by atoms with E-state index in [1.807, 2.05) is 12.1 Å². The quantitative estimate of drug-likeness (QED) is 0.899. The van der Waals surface area contributed by atoms with Crippen molar-refractivity contribution in [3.8, 4) is 0 Å². The van der Waals surface area contributed by atoms with Gasteiger partial charge in [0.1, 0.15) is 5.82 Å². The van der Waals surface area contributed by atoms with Crippen LogP contribution in [0.4, 0.5) is 4.39 Å². The molecular formula is C17H18FN3O2S. The molecule has 1 saturated heterocycles. The number of aromatic nitrogens is 1. The molecule has 1 N–H and O–H groups in total. The first-order chi connectivity index (χ1) is 11.6. The highest BCUT2D eigenvalue weighted by Gasteiger charge is 2.39. The van der Waals surface area contributed by atoms with Gasteiger partial charge in [0, 0.05) is 37.4 Å². The number of sulfonamides is 1. The first-order valence-corrected chi connectivity index (χ1v) is 9.40. The zero-order valence-corrected chi connectivity index (χ0v) is 13.8. The van der Waals surface area contributed by atoms with Crippen LogP contribution in [0.1, 0.15) is 17.2 Å². The van der Waals surface area contributed by atoms with Crippen molar-refractivity contribution < 1.29 is 12.8 Å². The Morgan fingerprint density at radius 1 is 1.17 bits per heavy atom. The van der Waals surface area contributed by atoms with Crippen molar-refractivity contribution in [2.75, 3.05) is 19.6 Å². The van der Waals surface area contributed by atoms with E-state index in [4.69, 9.17) is 0 Å². The Morgan fingerprint density at radius 2 is 1.96 bits per heavy atom. The van der Waals surface area contributed by atoms with Crippen molar-refractivity contribution in [3.05, 3.63) is 59.7 Å². The number of hydrogen-bond donors (Lipinski definition) is 1. The van der Waals surface area contributed by atoms with E-state index in [1.54, 1.807) is 6.20 Å². The Kier molecular flexibility index (Phi) is 3.86. The topological polar surface area (TPSA) is 62.3 Å². The van der Waals surface area contributed by atoms with Gasteiger partial charge in [-0.2, -0.15) is 4.31 Å². The lowest BCUT2D eigenvalue weighted by Gasteiger charge is -2.23. The summed E-state index contributed by atoms with van der Waals surface area (Å²) in [4.78, 5) is 4.64. The number of nitrogens with zero attached hydrogens (tertiary/aromatic N) is 2. The third-order valence-electron chi connectivity index (χ3n) is 4.85. The molecule has 2 atom stereocenters. The summed E-state index contributed by atoms with van der Waals surface area (Å²) >= 11 is 0. The molecule has 1 aromatic heterocycles. The van der Waals surface area contributed by atoms with E-state index in [0.717, 1.165) is 24.3 Å². The highest BCUT2D eigenvalue weighted by Crippen LogP contribution is 2.35. The Hall–Kier alpha value is -1.83. The second-order valence-electron chi connectivity index (χ2n) is 6.32. The molecule has 0 aliphatic carbocycles. The van der Waals surface area contributed by atoms with Gasteiger partial charge in [-0.05, 0) is 48.4 Å². The van der Waals surface area contributed by atoms with E-state index in [2.05, 4.69) is 10.3 Å².